The maximum atomic E-state index is 12.1. The monoisotopic (exact) mass is 377 g/mol. The van der Waals surface area contributed by atoms with E-state index in [1.807, 2.05) is 0 Å². The van der Waals surface area contributed by atoms with E-state index in [9.17, 15) is 4.79 Å². The van der Waals surface area contributed by atoms with E-state index < -0.39 is 0 Å². The van der Waals surface area contributed by atoms with Gasteiger partial charge in [0, 0.05) is 39.7 Å². The third-order valence-electron chi connectivity index (χ3n) is 5.93. The zero-order valence-electron chi connectivity index (χ0n) is 17.1. The molecule has 1 atom stereocenters. The molecule has 0 radical (unpaired) electrons. The molecule has 1 fully saturated rings. The molecule has 27 heavy (non-hydrogen) atoms. The minimum Gasteiger partial charge on any atom is -0.375 e. The zero-order chi connectivity index (χ0) is 19.2. The molecule has 1 unspecified atom stereocenters. The summed E-state index contributed by atoms with van der Waals surface area (Å²) < 4.78 is 7.19. The van der Waals surface area contributed by atoms with Gasteiger partial charge in [-0.15, -0.1) is 10.2 Å². The van der Waals surface area contributed by atoms with Gasteiger partial charge in [-0.3, -0.25) is 4.79 Å². The molecule has 0 saturated heterocycles. The molecule has 0 spiro atoms. The number of hydrogen-bond acceptors (Lipinski definition) is 5. The minimum atomic E-state index is -0.140. The lowest BCUT2D eigenvalue weighted by molar-refractivity contribution is -0.125. The third kappa shape index (κ3) is 5.29. The average Bonchev–Trinajstić information content (AvgIpc) is 2.94. The van der Waals surface area contributed by atoms with Gasteiger partial charge in [-0.2, -0.15) is 0 Å². The van der Waals surface area contributed by atoms with E-state index in [1.54, 1.807) is 0 Å². The van der Waals surface area contributed by atoms with Crippen molar-refractivity contribution in [1.29, 1.82) is 0 Å². The summed E-state index contributed by atoms with van der Waals surface area (Å²) in [7, 11) is 1.54. The van der Waals surface area contributed by atoms with Crippen LogP contribution in [0.4, 0.5) is 0 Å². The van der Waals surface area contributed by atoms with Crippen LogP contribution in [-0.2, 0) is 22.5 Å². The first-order chi connectivity index (χ1) is 13.1. The maximum absolute atomic E-state index is 12.1. The fourth-order valence-corrected chi connectivity index (χ4v) is 4.41. The summed E-state index contributed by atoms with van der Waals surface area (Å²) in [6.45, 7) is 8.47. The first-order valence-corrected chi connectivity index (χ1v) is 10.5. The molecule has 1 amide bonds. The summed E-state index contributed by atoms with van der Waals surface area (Å²) >= 11 is 0. The summed E-state index contributed by atoms with van der Waals surface area (Å²) in [5.74, 6) is 2.91. The first kappa shape index (κ1) is 20.3. The van der Waals surface area contributed by atoms with Crippen molar-refractivity contribution >= 4 is 5.91 Å². The van der Waals surface area contributed by atoms with Crippen molar-refractivity contribution in [3.05, 3.63) is 11.6 Å². The van der Waals surface area contributed by atoms with Crippen LogP contribution in [0, 0.1) is 11.8 Å². The summed E-state index contributed by atoms with van der Waals surface area (Å²) in [6, 6.07) is -0.140. The highest BCUT2D eigenvalue weighted by atomic mass is 16.5. The van der Waals surface area contributed by atoms with E-state index in [1.165, 1.54) is 45.8 Å². The molecular formula is C20H35N5O2. The van der Waals surface area contributed by atoms with E-state index in [2.05, 4.69) is 38.8 Å². The quantitative estimate of drug-likeness (QED) is 0.788. The predicted molar refractivity (Wildman–Crippen MR) is 104 cm³/mol. The SMILES string of the molecule is COCC(=O)NC(c1nnc2n1CCN(CC1CCCCC1)CC2)C(C)C. The molecule has 152 valence electrons. The predicted octanol–water partition coefficient (Wildman–Crippen LogP) is 2.18. The Bertz CT molecular complexity index is 610. The Morgan fingerprint density at radius 1 is 1.19 bits per heavy atom. The highest BCUT2D eigenvalue weighted by Crippen LogP contribution is 2.26. The number of methoxy groups -OCH3 is 1. The fourth-order valence-electron chi connectivity index (χ4n) is 4.41. The molecular weight excluding hydrogens is 342 g/mol. The Labute approximate surface area is 162 Å². The molecule has 3 rings (SSSR count). The number of aromatic nitrogens is 3. The van der Waals surface area contributed by atoms with Gasteiger partial charge < -0.3 is 19.5 Å². The normalized spacial score (nSPS) is 20.3. The second-order valence-corrected chi connectivity index (χ2v) is 8.40. The van der Waals surface area contributed by atoms with Crippen molar-refractivity contribution in [2.75, 3.05) is 33.4 Å². The number of nitrogens with zero attached hydrogens (tertiary/aromatic N) is 4. The molecule has 1 aromatic rings. The van der Waals surface area contributed by atoms with Crippen LogP contribution < -0.4 is 5.32 Å². The minimum absolute atomic E-state index is 0.0688. The van der Waals surface area contributed by atoms with Gasteiger partial charge in [-0.1, -0.05) is 33.1 Å². The van der Waals surface area contributed by atoms with Crippen LogP contribution in [0.3, 0.4) is 0 Å². The van der Waals surface area contributed by atoms with Gasteiger partial charge in [-0.25, -0.2) is 0 Å². The number of hydrogen-bond donors (Lipinski definition) is 1. The topological polar surface area (TPSA) is 72.3 Å². The molecule has 7 nitrogen and oxygen atoms in total. The van der Waals surface area contributed by atoms with Gasteiger partial charge >= 0.3 is 0 Å². The molecule has 2 aliphatic rings. The molecule has 7 heteroatoms. The van der Waals surface area contributed by atoms with E-state index in [0.29, 0.717) is 0 Å². The van der Waals surface area contributed by atoms with Crippen LogP contribution in [0.1, 0.15) is 63.6 Å². The van der Waals surface area contributed by atoms with Crippen LogP contribution in [0.2, 0.25) is 0 Å². The van der Waals surface area contributed by atoms with Gasteiger partial charge in [-0.05, 0) is 24.7 Å². The largest absolute Gasteiger partial charge is 0.375 e. The van der Waals surface area contributed by atoms with Gasteiger partial charge in [0.2, 0.25) is 5.91 Å². The Morgan fingerprint density at radius 2 is 1.96 bits per heavy atom. The standard InChI is InChI=1S/C20H35N5O2/c1-15(2)19(21-18(26)14-27-3)20-23-22-17-9-10-24(11-12-25(17)20)13-16-7-5-4-6-8-16/h15-16,19H,4-14H2,1-3H3,(H,21,26). The number of nitrogens with one attached hydrogen (secondary N) is 1. The van der Waals surface area contributed by atoms with Crippen molar-refractivity contribution in [3.8, 4) is 0 Å². The third-order valence-corrected chi connectivity index (χ3v) is 5.93. The molecule has 1 aliphatic carbocycles. The molecule has 0 aromatic carbocycles. The molecule has 0 bridgehead atoms. The van der Waals surface area contributed by atoms with Crippen LogP contribution in [0.15, 0.2) is 0 Å². The number of rotatable bonds is 7. The second kappa shape index (κ2) is 9.64. The maximum Gasteiger partial charge on any atom is 0.246 e. The smallest absolute Gasteiger partial charge is 0.246 e. The van der Waals surface area contributed by atoms with Crippen molar-refractivity contribution in [2.24, 2.45) is 11.8 Å². The number of ether oxygens (including phenoxy) is 1. The lowest BCUT2D eigenvalue weighted by atomic mass is 9.89. The number of carbonyl (C=O) groups is 1. The Morgan fingerprint density at radius 3 is 2.67 bits per heavy atom. The molecule has 1 saturated carbocycles. The van der Waals surface area contributed by atoms with E-state index in [-0.39, 0.29) is 24.5 Å². The highest BCUT2D eigenvalue weighted by molar-refractivity contribution is 5.77. The Hall–Kier alpha value is -1.47. The van der Waals surface area contributed by atoms with Gasteiger partial charge in [0.05, 0.1) is 6.04 Å². The zero-order valence-corrected chi connectivity index (χ0v) is 17.1. The van der Waals surface area contributed by atoms with Gasteiger partial charge in [0.15, 0.2) is 5.82 Å². The molecule has 2 heterocycles. The highest BCUT2D eigenvalue weighted by Gasteiger charge is 2.28. The molecule has 1 aromatic heterocycles. The summed E-state index contributed by atoms with van der Waals surface area (Å²) in [5.41, 5.74) is 0. The van der Waals surface area contributed by atoms with Crippen molar-refractivity contribution in [1.82, 2.24) is 25.0 Å². The Balaban J connectivity index is 1.66. The Kier molecular flexibility index (Phi) is 7.24. The lowest BCUT2D eigenvalue weighted by Gasteiger charge is -2.28. The van der Waals surface area contributed by atoms with E-state index in [4.69, 9.17) is 4.74 Å². The van der Waals surface area contributed by atoms with Crippen molar-refractivity contribution < 1.29 is 9.53 Å². The number of carbonyl (C=O) groups excluding carboxylic acids is 1. The second-order valence-electron chi connectivity index (χ2n) is 8.40. The summed E-state index contributed by atoms with van der Waals surface area (Å²) in [5, 5.41) is 12.0. The summed E-state index contributed by atoms with van der Waals surface area (Å²) in [6.07, 6.45) is 7.89. The van der Waals surface area contributed by atoms with Crippen LogP contribution in [0.5, 0.6) is 0 Å². The van der Waals surface area contributed by atoms with Gasteiger partial charge in [0.25, 0.3) is 0 Å². The number of fused-ring (bicyclic) bond motifs is 1. The lowest BCUT2D eigenvalue weighted by Crippen LogP contribution is -2.36. The summed E-state index contributed by atoms with van der Waals surface area (Å²) in [4.78, 5) is 14.7. The van der Waals surface area contributed by atoms with Crippen molar-refractivity contribution in [3.63, 3.8) is 0 Å². The van der Waals surface area contributed by atoms with Crippen molar-refractivity contribution in [2.45, 2.75) is 65.0 Å². The molecule has 1 N–H and O–H groups in total. The number of amides is 1. The van der Waals surface area contributed by atoms with Crippen LogP contribution >= 0.6 is 0 Å². The molecule has 1 aliphatic heterocycles. The fraction of sp³-hybridized carbons (Fsp3) is 0.850. The van der Waals surface area contributed by atoms with Crippen LogP contribution in [0.25, 0.3) is 0 Å². The first-order valence-electron chi connectivity index (χ1n) is 10.5. The van der Waals surface area contributed by atoms with E-state index in [0.717, 1.165) is 43.6 Å². The van der Waals surface area contributed by atoms with Gasteiger partial charge in [0.1, 0.15) is 12.4 Å². The van der Waals surface area contributed by atoms with E-state index >= 15 is 0 Å². The average molecular weight is 378 g/mol. The van der Waals surface area contributed by atoms with Crippen LogP contribution in [-0.4, -0.2) is 58.9 Å².